The number of likely N-dealkylation sites (tertiary alicyclic amines) is 1. The minimum Gasteiger partial charge on any atom is -0.497 e. The van der Waals surface area contributed by atoms with Crippen LogP contribution in [0.25, 0.3) is 0 Å². The maximum absolute atomic E-state index is 12.9. The molecule has 0 unspecified atom stereocenters. The van der Waals surface area contributed by atoms with E-state index >= 15 is 0 Å². The molecular weight excluding hydrogens is 453 g/mol. The zero-order valence-electron chi connectivity index (χ0n) is 19.1. The molecule has 0 aliphatic carbocycles. The number of aliphatic carboxylic acids is 1. The van der Waals surface area contributed by atoms with Crippen LogP contribution in [-0.2, 0) is 35.6 Å². The number of carbonyl (C=O) groups is 2. The number of fused-ring (bicyclic) bond motifs is 1. The van der Waals surface area contributed by atoms with Gasteiger partial charge in [0.25, 0.3) is 0 Å². The Bertz CT molecular complexity index is 970. The Morgan fingerprint density at radius 2 is 1.71 bits per heavy atom. The molecule has 11 heteroatoms. The predicted octanol–water partition coefficient (Wildman–Crippen LogP) is 3.10. The van der Waals surface area contributed by atoms with Crippen molar-refractivity contribution in [2.45, 2.75) is 51.5 Å². The van der Waals surface area contributed by atoms with Crippen LogP contribution < -0.4 is 4.74 Å². The third-order valence-corrected chi connectivity index (χ3v) is 5.88. The van der Waals surface area contributed by atoms with Gasteiger partial charge in [-0.2, -0.15) is 13.2 Å². The number of benzene rings is 1. The summed E-state index contributed by atoms with van der Waals surface area (Å²) in [6.07, 6.45) is 0.837. The third kappa shape index (κ3) is 6.96. The van der Waals surface area contributed by atoms with Crippen LogP contribution in [0.15, 0.2) is 30.6 Å². The van der Waals surface area contributed by atoms with Crippen LogP contribution in [0.1, 0.15) is 36.2 Å². The molecule has 2 aliphatic rings. The van der Waals surface area contributed by atoms with E-state index in [1.54, 1.807) is 7.11 Å². The summed E-state index contributed by atoms with van der Waals surface area (Å²) >= 11 is 0. The number of hydrogen-bond donors (Lipinski definition) is 1. The second kappa shape index (κ2) is 11.4. The van der Waals surface area contributed by atoms with Gasteiger partial charge in [-0.3, -0.25) is 9.69 Å². The van der Waals surface area contributed by atoms with Crippen molar-refractivity contribution in [1.82, 2.24) is 19.4 Å². The lowest BCUT2D eigenvalue weighted by Gasteiger charge is -2.21. The fraction of sp³-hybridized carbons (Fsp3) is 0.522. The number of aryl methyl sites for hydroxylation is 1. The number of aromatic nitrogens is 2. The molecule has 2 aliphatic heterocycles. The smallest absolute Gasteiger partial charge is 0.490 e. The Balaban J connectivity index is 0.000000406. The van der Waals surface area contributed by atoms with E-state index in [4.69, 9.17) is 14.6 Å². The molecule has 0 atom stereocenters. The molecule has 4 rings (SSSR count). The molecule has 0 spiro atoms. The number of carboxylic acid groups (broad SMARTS) is 1. The molecule has 8 nitrogen and oxygen atoms in total. The first-order valence-corrected chi connectivity index (χ1v) is 11.1. The number of ether oxygens (including phenoxy) is 1. The van der Waals surface area contributed by atoms with E-state index in [9.17, 15) is 18.0 Å². The lowest BCUT2D eigenvalue weighted by molar-refractivity contribution is -0.192. The quantitative estimate of drug-likeness (QED) is 0.705. The largest absolute Gasteiger partial charge is 0.497 e. The first kappa shape index (κ1) is 25.5. The molecule has 1 fully saturated rings. The van der Waals surface area contributed by atoms with E-state index in [0.29, 0.717) is 13.0 Å². The zero-order chi connectivity index (χ0) is 24.7. The summed E-state index contributed by atoms with van der Waals surface area (Å²) < 4.78 is 39.2. The fourth-order valence-electron chi connectivity index (χ4n) is 4.04. The summed E-state index contributed by atoms with van der Waals surface area (Å²) in [4.78, 5) is 31.0. The van der Waals surface area contributed by atoms with Gasteiger partial charge in [0.1, 0.15) is 5.75 Å². The van der Waals surface area contributed by atoms with Crippen molar-refractivity contribution in [3.05, 3.63) is 47.5 Å². The first-order chi connectivity index (χ1) is 16.2. The van der Waals surface area contributed by atoms with Gasteiger partial charge in [0, 0.05) is 19.6 Å². The number of halogens is 3. The highest BCUT2D eigenvalue weighted by Crippen LogP contribution is 2.21. The van der Waals surface area contributed by atoms with Gasteiger partial charge in [-0.15, -0.1) is 0 Å². The van der Waals surface area contributed by atoms with Crippen molar-refractivity contribution in [1.29, 1.82) is 0 Å². The van der Waals surface area contributed by atoms with E-state index in [-0.39, 0.29) is 5.91 Å². The second-order valence-electron chi connectivity index (χ2n) is 8.31. The van der Waals surface area contributed by atoms with E-state index < -0.39 is 12.1 Å². The fourth-order valence-corrected chi connectivity index (χ4v) is 4.04. The number of hydrogen-bond acceptors (Lipinski definition) is 5. The van der Waals surface area contributed by atoms with Crippen LogP contribution in [0.5, 0.6) is 5.75 Å². The zero-order valence-corrected chi connectivity index (χ0v) is 19.1. The summed E-state index contributed by atoms with van der Waals surface area (Å²) in [5.74, 6) is -1.76. The molecule has 3 heterocycles. The lowest BCUT2D eigenvalue weighted by Crippen LogP contribution is -2.32. The predicted molar refractivity (Wildman–Crippen MR) is 117 cm³/mol. The third-order valence-electron chi connectivity index (χ3n) is 5.88. The highest BCUT2D eigenvalue weighted by atomic mass is 19.4. The number of nitrogens with zero attached hydrogens (tertiary/aromatic N) is 4. The Morgan fingerprint density at radius 3 is 2.29 bits per heavy atom. The highest BCUT2D eigenvalue weighted by Gasteiger charge is 2.38. The summed E-state index contributed by atoms with van der Waals surface area (Å²) in [5.41, 5.74) is 3.37. The first-order valence-electron chi connectivity index (χ1n) is 11.1. The number of alkyl halides is 3. The molecular formula is C23H29F3N4O4. The van der Waals surface area contributed by atoms with Crippen LogP contribution in [0.2, 0.25) is 0 Å². The van der Waals surface area contributed by atoms with Gasteiger partial charge in [0.05, 0.1) is 37.8 Å². The molecule has 2 aromatic rings. The number of carboxylic acids is 1. The number of amides is 1. The molecule has 34 heavy (non-hydrogen) atoms. The summed E-state index contributed by atoms with van der Waals surface area (Å²) in [5, 5.41) is 7.12. The topological polar surface area (TPSA) is 87.9 Å². The van der Waals surface area contributed by atoms with Crippen molar-refractivity contribution in [3.8, 4) is 5.75 Å². The lowest BCUT2D eigenvalue weighted by atomic mass is 10.1. The van der Waals surface area contributed by atoms with Gasteiger partial charge in [-0.25, -0.2) is 9.78 Å². The van der Waals surface area contributed by atoms with Gasteiger partial charge < -0.3 is 19.3 Å². The monoisotopic (exact) mass is 482 g/mol. The van der Waals surface area contributed by atoms with E-state index in [1.165, 1.54) is 18.5 Å². The second-order valence-corrected chi connectivity index (χ2v) is 8.31. The van der Waals surface area contributed by atoms with Crippen LogP contribution in [0, 0.1) is 0 Å². The summed E-state index contributed by atoms with van der Waals surface area (Å²) in [6.45, 7) is 5.63. The van der Waals surface area contributed by atoms with Gasteiger partial charge in [0.2, 0.25) is 5.91 Å². The van der Waals surface area contributed by atoms with Crippen molar-refractivity contribution in [2.24, 2.45) is 0 Å². The Morgan fingerprint density at radius 1 is 1.06 bits per heavy atom. The molecule has 0 bridgehead atoms. The normalized spacial score (nSPS) is 16.3. The highest BCUT2D eigenvalue weighted by molar-refractivity contribution is 5.78. The molecule has 1 amide bonds. The van der Waals surface area contributed by atoms with Gasteiger partial charge in [0.15, 0.2) is 0 Å². The van der Waals surface area contributed by atoms with Crippen LogP contribution >= 0.6 is 0 Å². The molecule has 186 valence electrons. The molecule has 0 saturated carbocycles. The minimum atomic E-state index is -5.08. The van der Waals surface area contributed by atoms with Gasteiger partial charge in [-0.1, -0.05) is 12.1 Å². The van der Waals surface area contributed by atoms with Crippen molar-refractivity contribution in [2.75, 3.05) is 26.7 Å². The maximum Gasteiger partial charge on any atom is 0.490 e. The number of methoxy groups -OCH3 is 1. The Hall–Kier alpha value is -3.08. The average Bonchev–Trinajstić information content (AvgIpc) is 3.38. The van der Waals surface area contributed by atoms with Crippen LogP contribution in [0.3, 0.4) is 0 Å². The van der Waals surface area contributed by atoms with Gasteiger partial charge >= 0.3 is 12.1 Å². The standard InChI is InChI=1S/C21H28N4O2.C2HF3O2/c1-27-18-7-5-17(6-8-18)13-21(26)24-11-4-12-25-16-22-19(20(25)15-24)14-23-9-2-3-10-23;3-2(4,5)1(6)7/h5-8,16H,2-4,9-15H2,1H3;(H,6,7). The van der Waals surface area contributed by atoms with E-state index in [0.717, 1.165) is 56.2 Å². The van der Waals surface area contributed by atoms with Gasteiger partial charge in [-0.05, 0) is 50.0 Å². The summed E-state index contributed by atoms with van der Waals surface area (Å²) in [6, 6.07) is 7.76. The average molecular weight is 483 g/mol. The van der Waals surface area contributed by atoms with Crippen molar-refractivity contribution < 1.29 is 32.6 Å². The molecule has 1 aromatic heterocycles. The summed E-state index contributed by atoms with van der Waals surface area (Å²) in [7, 11) is 1.65. The van der Waals surface area contributed by atoms with Crippen LogP contribution in [0.4, 0.5) is 13.2 Å². The number of rotatable bonds is 5. The molecule has 1 aromatic carbocycles. The Labute approximate surface area is 195 Å². The van der Waals surface area contributed by atoms with Crippen molar-refractivity contribution in [3.63, 3.8) is 0 Å². The minimum absolute atomic E-state index is 0.182. The number of carbonyl (C=O) groups excluding carboxylic acids is 1. The van der Waals surface area contributed by atoms with Crippen molar-refractivity contribution >= 4 is 11.9 Å². The molecule has 1 N–H and O–H groups in total. The van der Waals surface area contributed by atoms with E-state index in [2.05, 4.69) is 14.5 Å². The Kier molecular flexibility index (Phi) is 8.54. The maximum atomic E-state index is 12.9. The number of imidazole rings is 1. The SMILES string of the molecule is COc1ccc(CC(=O)N2CCCn3cnc(CN4CCCC4)c3C2)cc1.O=C(O)C(F)(F)F. The molecule has 0 radical (unpaired) electrons. The molecule has 1 saturated heterocycles. The van der Waals surface area contributed by atoms with Crippen LogP contribution in [-0.4, -0.2) is 69.3 Å². The van der Waals surface area contributed by atoms with E-state index in [1.807, 2.05) is 35.5 Å².